The smallest absolute Gasteiger partial charge is 0.407 e. The van der Waals surface area contributed by atoms with Crippen LogP contribution in [0.3, 0.4) is 0 Å². The molecule has 0 aliphatic heterocycles. The first-order chi connectivity index (χ1) is 9.15. The predicted molar refractivity (Wildman–Crippen MR) is 78.1 cm³/mol. The second-order valence-electron chi connectivity index (χ2n) is 5.63. The molecule has 0 aromatic carbocycles. The van der Waals surface area contributed by atoms with E-state index in [2.05, 4.69) is 26.1 Å². The van der Waals surface area contributed by atoms with Crippen LogP contribution >= 0.6 is 0 Å². The van der Waals surface area contributed by atoms with Crippen LogP contribution in [-0.4, -0.2) is 49.4 Å². The quantitative estimate of drug-likeness (QED) is 0.723. The second kappa shape index (κ2) is 8.41. The van der Waals surface area contributed by atoms with E-state index in [0.717, 1.165) is 43.5 Å². The van der Waals surface area contributed by atoms with Crippen molar-refractivity contribution in [3.05, 3.63) is 0 Å². The van der Waals surface area contributed by atoms with Gasteiger partial charge < -0.3 is 14.5 Å². The van der Waals surface area contributed by atoms with Crippen LogP contribution in [-0.2, 0) is 4.74 Å². The van der Waals surface area contributed by atoms with Gasteiger partial charge in [-0.15, -0.1) is 0 Å². The van der Waals surface area contributed by atoms with Crippen LogP contribution in [0, 0.1) is 0 Å². The Kier molecular flexibility index (Phi) is 7.21. The van der Waals surface area contributed by atoms with E-state index in [1.165, 1.54) is 19.3 Å². The molecular formula is C15H31N2O2+. The molecule has 0 heterocycles. The number of likely N-dealkylation sites (N-methyl/N-ethyl adjacent to an activating group) is 1. The van der Waals surface area contributed by atoms with E-state index in [1.807, 2.05) is 0 Å². The molecule has 19 heavy (non-hydrogen) atoms. The van der Waals surface area contributed by atoms with E-state index >= 15 is 0 Å². The Morgan fingerprint density at radius 1 is 1.11 bits per heavy atom. The van der Waals surface area contributed by atoms with Gasteiger partial charge in [-0.05, 0) is 33.6 Å². The number of hydrogen-bond donors (Lipinski definition) is 1. The molecule has 1 amide bonds. The van der Waals surface area contributed by atoms with Gasteiger partial charge in [-0.3, -0.25) is 0 Å². The molecule has 112 valence electrons. The molecule has 1 saturated carbocycles. The number of carbonyl (C=O) groups excluding carboxylic acids is 1. The standard InChI is InChI=1S/C15H30N2O2/c1-4-17(5-2,6-3)12-13-19-15(18)16-14-10-8-7-9-11-14/h14H,4-13H2,1-3H3/p+1. The third-order valence-corrected chi connectivity index (χ3v) is 4.74. The zero-order valence-corrected chi connectivity index (χ0v) is 12.9. The van der Waals surface area contributed by atoms with E-state index in [9.17, 15) is 4.79 Å². The van der Waals surface area contributed by atoms with Gasteiger partial charge in [-0.25, -0.2) is 4.79 Å². The number of rotatable bonds is 7. The summed E-state index contributed by atoms with van der Waals surface area (Å²) in [6.45, 7) is 11.3. The topological polar surface area (TPSA) is 38.3 Å². The molecule has 1 fully saturated rings. The largest absolute Gasteiger partial charge is 0.444 e. The summed E-state index contributed by atoms with van der Waals surface area (Å²) in [7, 11) is 0. The van der Waals surface area contributed by atoms with Gasteiger partial charge in [0.25, 0.3) is 0 Å². The van der Waals surface area contributed by atoms with E-state index in [0.29, 0.717) is 12.6 Å². The minimum atomic E-state index is -0.228. The fourth-order valence-corrected chi connectivity index (χ4v) is 2.93. The van der Waals surface area contributed by atoms with Crippen LogP contribution < -0.4 is 5.32 Å². The first-order valence-corrected chi connectivity index (χ1v) is 7.94. The third-order valence-electron chi connectivity index (χ3n) is 4.74. The van der Waals surface area contributed by atoms with E-state index in [4.69, 9.17) is 4.74 Å². The van der Waals surface area contributed by atoms with Crippen molar-refractivity contribution in [2.75, 3.05) is 32.8 Å². The number of ether oxygens (including phenoxy) is 1. The monoisotopic (exact) mass is 271 g/mol. The van der Waals surface area contributed by atoms with Gasteiger partial charge in [0.1, 0.15) is 13.2 Å². The lowest BCUT2D eigenvalue weighted by Crippen LogP contribution is -2.50. The van der Waals surface area contributed by atoms with Gasteiger partial charge in [0.15, 0.2) is 0 Å². The zero-order valence-electron chi connectivity index (χ0n) is 12.9. The first kappa shape index (κ1) is 16.3. The normalized spacial score (nSPS) is 17.2. The van der Waals surface area contributed by atoms with Crippen molar-refractivity contribution >= 4 is 6.09 Å². The first-order valence-electron chi connectivity index (χ1n) is 7.94. The molecule has 0 bridgehead atoms. The number of nitrogens with zero attached hydrogens (tertiary/aromatic N) is 1. The summed E-state index contributed by atoms with van der Waals surface area (Å²) in [5.74, 6) is 0. The molecule has 0 spiro atoms. The Bertz CT molecular complexity index is 251. The molecule has 0 radical (unpaired) electrons. The van der Waals surface area contributed by atoms with Gasteiger partial charge in [-0.2, -0.15) is 0 Å². The maximum absolute atomic E-state index is 11.7. The lowest BCUT2D eigenvalue weighted by Gasteiger charge is -2.35. The lowest BCUT2D eigenvalue weighted by molar-refractivity contribution is -0.923. The van der Waals surface area contributed by atoms with Gasteiger partial charge in [-0.1, -0.05) is 19.3 Å². The average Bonchev–Trinajstić information content (AvgIpc) is 2.45. The molecule has 0 atom stereocenters. The van der Waals surface area contributed by atoms with Crippen molar-refractivity contribution in [2.24, 2.45) is 0 Å². The fraction of sp³-hybridized carbons (Fsp3) is 0.933. The predicted octanol–water partition coefficient (Wildman–Crippen LogP) is 2.92. The SMILES string of the molecule is CC[N+](CC)(CC)CCOC(=O)NC1CCCCC1. The third kappa shape index (κ3) is 5.39. The van der Waals surface area contributed by atoms with Gasteiger partial charge in [0.2, 0.25) is 0 Å². The summed E-state index contributed by atoms with van der Waals surface area (Å²) >= 11 is 0. The molecule has 1 aliphatic rings. The summed E-state index contributed by atoms with van der Waals surface area (Å²) in [6.07, 6.45) is 5.74. The van der Waals surface area contributed by atoms with Crippen LogP contribution in [0.1, 0.15) is 52.9 Å². The number of quaternary nitrogens is 1. The Hall–Kier alpha value is -0.770. The molecule has 1 rings (SSSR count). The highest BCUT2D eigenvalue weighted by atomic mass is 16.5. The Balaban J connectivity index is 2.22. The summed E-state index contributed by atoms with van der Waals surface area (Å²) in [5.41, 5.74) is 0. The molecule has 0 unspecified atom stereocenters. The van der Waals surface area contributed by atoms with Gasteiger partial charge in [0.05, 0.1) is 19.6 Å². The number of amides is 1. The van der Waals surface area contributed by atoms with E-state index < -0.39 is 0 Å². The van der Waals surface area contributed by atoms with E-state index in [1.54, 1.807) is 0 Å². The van der Waals surface area contributed by atoms with Crippen molar-refractivity contribution in [1.29, 1.82) is 0 Å². The number of carbonyl (C=O) groups is 1. The molecule has 4 nitrogen and oxygen atoms in total. The van der Waals surface area contributed by atoms with E-state index in [-0.39, 0.29) is 6.09 Å². The van der Waals surface area contributed by atoms with Crippen LogP contribution in [0.4, 0.5) is 4.79 Å². The molecule has 1 aliphatic carbocycles. The zero-order chi connectivity index (χ0) is 14.1. The molecule has 0 aromatic heterocycles. The Morgan fingerprint density at radius 3 is 2.21 bits per heavy atom. The summed E-state index contributed by atoms with van der Waals surface area (Å²) in [5, 5.41) is 2.99. The van der Waals surface area contributed by atoms with Crippen molar-refractivity contribution in [3.8, 4) is 0 Å². The number of hydrogen-bond acceptors (Lipinski definition) is 2. The van der Waals surface area contributed by atoms with Crippen molar-refractivity contribution in [2.45, 2.75) is 58.9 Å². The number of nitrogens with one attached hydrogen (secondary N) is 1. The Morgan fingerprint density at radius 2 is 1.68 bits per heavy atom. The van der Waals surface area contributed by atoms with Crippen LogP contribution in [0.2, 0.25) is 0 Å². The Labute approximate surface area is 118 Å². The number of alkyl carbamates (subject to hydrolysis) is 1. The van der Waals surface area contributed by atoms with Crippen LogP contribution in [0.15, 0.2) is 0 Å². The average molecular weight is 271 g/mol. The highest BCUT2D eigenvalue weighted by Gasteiger charge is 2.21. The molecule has 4 heteroatoms. The second-order valence-corrected chi connectivity index (χ2v) is 5.63. The molecule has 0 aromatic rings. The van der Waals surface area contributed by atoms with Crippen molar-refractivity contribution in [1.82, 2.24) is 5.32 Å². The van der Waals surface area contributed by atoms with Crippen molar-refractivity contribution < 1.29 is 14.0 Å². The highest BCUT2D eigenvalue weighted by molar-refractivity contribution is 5.67. The molecule has 0 saturated heterocycles. The fourth-order valence-electron chi connectivity index (χ4n) is 2.93. The maximum Gasteiger partial charge on any atom is 0.407 e. The highest BCUT2D eigenvalue weighted by Crippen LogP contribution is 2.17. The summed E-state index contributed by atoms with van der Waals surface area (Å²) in [6, 6.07) is 0.337. The minimum absolute atomic E-state index is 0.228. The van der Waals surface area contributed by atoms with Crippen LogP contribution in [0.25, 0.3) is 0 Å². The summed E-state index contributed by atoms with van der Waals surface area (Å²) in [4.78, 5) is 11.7. The summed E-state index contributed by atoms with van der Waals surface area (Å²) < 4.78 is 6.36. The molecular weight excluding hydrogens is 240 g/mol. The van der Waals surface area contributed by atoms with Crippen LogP contribution in [0.5, 0.6) is 0 Å². The van der Waals surface area contributed by atoms with Gasteiger partial charge >= 0.3 is 6.09 Å². The lowest BCUT2D eigenvalue weighted by atomic mass is 9.96. The van der Waals surface area contributed by atoms with Crippen molar-refractivity contribution in [3.63, 3.8) is 0 Å². The maximum atomic E-state index is 11.7. The minimum Gasteiger partial charge on any atom is -0.444 e. The van der Waals surface area contributed by atoms with Gasteiger partial charge in [0, 0.05) is 6.04 Å². The molecule has 1 N–H and O–H groups in total.